The van der Waals surface area contributed by atoms with Crippen LogP contribution in [0.2, 0.25) is 0 Å². The molecule has 2 unspecified atom stereocenters. The summed E-state index contributed by atoms with van der Waals surface area (Å²) in [6.07, 6.45) is -4.13. The van der Waals surface area contributed by atoms with Crippen LogP contribution in [0.15, 0.2) is 22.6 Å². The van der Waals surface area contributed by atoms with E-state index in [2.05, 4.69) is 0 Å². The van der Waals surface area contributed by atoms with Crippen molar-refractivity contribution in [3.05, 3.63) is 35.1 Å². The number of benzene rings is 1. The van der Waals surface area contributed by atoms with Crippen LogP contribution in [-0.4, -0.2) is 17.3 Å². The lowest BCUT2D eigenvalue weighted by atomic mass is 10.0. The van der Waals surface area contributed by atoms with E-state index in [1.165, 1.54) is 19.1 Å². The maximum Gasteiger partial charge on any atom is 0.392 e. The van der Waals surface area contributed by atoms with Crippen LogP contribution in [0.25, 0.3) is 11.0 Å². The zero-order valence-electron chi connectivity index (χ0n) is 10.5. The van der Waals surface area contributed by atoms with Crippen LogP contribution < -0.4 is 0 Å². The standard InChI is InChI=1S/C14H11F3O3/c1-6-12(13(18)19)9-4-7(2-3-11(9)20-6)8-5-10(8)14(15,16)17/h2-4,8,10H,5H2,1H3,(H,18,19). The van der Waals surface area contributed by atoms with Gasteiger partial charge in [-0.15, -0.1) is 0 Å². The maximum atomic E-state index is 12.6. The highest BCUT2D eigenvalue weighted by atomic mass is 19.4. The Morgan fingerprint density at radius 1 is 1.40 bits per heavy atom. The largest absolute Gasteiger partial charge is 0.478 e. The van der Waals surface area contributed by atoms with Gasteiger partial charge in [-0.25, -0.2) is 4.79 Å². The highest BCUT2D eigenvalue weighted by Crippen LogP contribution is 2.56. The Morgan fingerprint density at radius 3 is 2.65 bits per heavy atom. The molecule has 0 bridgehead atoms. The summed E-state index contributed by atoms with van der Waals surface area (Å²) in [5, 5.41) is 9.50. The number of hydrogen-bond acceptors (Lipinski definition) is 2. The summed E-state index contributed by atoms with van der Waals surface area (Å²) >= 11 is 0. The number of carboxylic acid groups (broad SMARTS) is 1. The summed E-state index contributed by atoms with van der Waals surface area (Å²) in [6.45, 7) is 1.53. The Morgan fingerprint density at radius 2 is 2.10 bits per heavy atom. The number of aromatic carboxylic acids is 1. The van der Waals surface area contributed by atoms with Gasteiger partial charge in [-0.05, 0) is 37.0 Å². The second-order valence-electron chi connectivity index (χ2n) is 5.08. The molecule has 0 amide bonds. The topological polar surface area (TPSA) is 50.4 Å². The van der Waals surface area contributed by atoms with Crippen LogP contribution >= 0.6 is 0 Å². The predicted octanol–water partition coefficient (Wildman–Crippen LogP) is 4.11. The molecule has 0 spiro atoms. The molecule has 1 N–H and O–H groups in total. The maximum absolute atomic E-state index is 12.6. The van der Waals surface area contributed by atoms with Crippen molar-refractivity contribution in [2.75, 3.05) is 0 Å². The first-order valence-corrected chi connectivity index (χ1v) is 6.12. The van der Waals surface area contributed by atoms with Gasteiger partial charge in [-0.1, -0.05) is 6.07 Å². The Labute approximate surface area is 112 Å². The number of fused-ring (bicyclic) bond motifs is 1. The molecule has 0 aliphatic heterocycles. The van der Waals surface area contributed by atoms with Gasteiger partial charge in [-0.2, -0.15) is 13.2 Å². The highest BCUT2D eigenvalue weighted by molar-refractivity contribution is 6.03. The molecule has 2 aromatic rings. The Hall–Kier alpha value is -1.98. The molecule has 3 nitrogen and oxygen atoms in total. The lowest BCUT2D eigenvalue weighted by Crippen LogP contribution is -2.11. The van der Waals surface area contributed by atoms with Crippen molar-refractivity contribution in [2.45, 2.75) is 25.4 Å². The van der Waals surface area contributed by atoms with E-state index >= 15 is 0 Å². The van der Waals surface area contributed by atoms with E-state index in [0.717, 1.165) is 0 Å². The van der Waals surface area contributed by atoms with Gasteiger partial charge in [0.1, 0.15) is 16.9 Å². The molecular weight excluding hydrogens is 273 g/mol. The van der Waals surface area contributed by atoms with Gasteiger partial charge in [0, 0.05) is 5.39 Å². The summed E-state index contributed by atoms with van der Waals surface area (Å²) in [5.74, 6) is -2.77. The number of carboxylic acids is 1. The first-order chi connectivity index (χ1) is 9.29. The summed E-state index contributed by atoms with van der Waals surface area (Å²) < 4.78 is 43.1. The average Bonchev–Trinajstić information content (AvgIpc) is 3.05. The van der Waals surface area contributed by atoms with Gasteiger partial charge in [0.2, 0.25) is 0 Å². The number of furan rings is 1. The van der Waals surface area contributed by atoms with Gasteiger partial charge >= 0.3 is 12.1 Å². The quantitative estimate of drug-likeness (QED) is 0.903. The molecule has 1 heterocycles. The molecule has 1 aliphatic rings. The van der Waals surface area contributed by atoms with Crippen LogP contribution in [0.4, 0.5) is 13.2 Å². The summed E-state index contributed by atoms with van der Waals surface area (Å²) in [5.41, 5.74) is 0.919. The third-order valence-electron chi connectivity index (χ3n) is 3.74. The molecule has 106 valence electrons. The van der Waals surface area contributed by atoms with Crippen molar-refractivity contribution in [2.24, 2.45) is 5.92 Å². The van der Waals surface area contributed by atoms with Crippen LogP contribution in [0.5, 0.6) is 0 Å². The number of rotatable bonds is 2. The van der Waals surface area contributed by atoms with Crippen molar-refractivity contribution in [3.63, 3.8) is 0 Å². The molecule has 0 radical (unpaired) electrons. The first-order valence-electron chi connectivity index (χ1n) is 6.12. The van der Waals surface area contributed by atoms with E-state index in [1.54, 1.807) is 6.07 Å². The van der Waals surface area contributed by atoms with Crippen LogP contribution in [0.3, 0.4) is 0 Å². The third-order valence-corrected chi connectivity index (χ3v) is 3.74. The molecule has 20 heavy (non-hydrogen) atoms. The van der Waals surface area contributed by atoms with Crippen LogP contribution in [0.1, 0.15) is 34.0 Å². The minimum absolute atomic E-state index is 0.0195. The fourth-order valence-electron chi connectivity index (χ4n) is 2.66. The summed E-state index contributed by atoms with van der Waals surface area (Å²) in [7, 11) is 0. The lowest BCUT2D eigenvalue weighted by Gasteiger charge is -2.05. The zero-order valence-corrected chi connectivity index (χ0v) is 10.5. The minimum Gasteiger partial charge on any atom is -0.478 e. The van der Waals surface area contributed by atoms with Crippen molar-refractivity contribution in [1.82, 2.24) is 0 Å². The average molecular weight is 284 g/mol. The van der Waals surface area contributed by atoms with Gasteiger partial charge in [0.05, 0.1) is 5.92 Å². The van der Waals surface area contributed by atoms with Crippen LogP contribution in [-0.2, 0) is 0 Å². The SMILES string of the molecule is Cc1oc2ccc(C3CC3C(F)(F)F)cc2c1C(=O)O. The van der Waals surface area contributed by atoms with Gasteiger partial charge in [0.15, 0.2) is 0 Å². The second-order valence-corrected chi connectivity index (χ2v) is 5.08. The van der Waals surface area contributed by atoms with Gasteiger partial charge in [-0.3, -0.25) is 0 Å². The number of halogens is 3. The second kappa shape index (κ2) is 4.01. The van der Waals surface area contributed by atoms with E-state index in [4.69, 9.17) is 9.52 Å². The molecule has 1 aromatic heterocycles. The Bertz CT molecular complexity index is 699. The molecule has 1 fully saturated rings. The summed E-state index contributed by atoms with van der Waals surface area (Å²) in [6, 6.07) is 4.62. The molecule has 1 aromatic carbocycles. The normalized spacial score (nSPS) is 22.2. The number of alkyl halides is 3. The predicted molar refractivity (Wildman–Crippen MR) is 64.8 cm³/mol. The fraction of sp³-hybridized carbons (Fsp3) is 0.357. The Balaban J connectivity index is 2.04. The van der Waals surface area contributed by atoms with E-state index in [-0.39, 0.29) is 17.7 Å². The van der Waals surface area contributed by atoms with Crippen molar-refractivity contribution < 1.29 is 27.5 Å². The fourth-order valence-corrected chi connectivity index (χ4v) is 2.66. The number of hydrogen-bond donors (Lipinski definition) is 1. The van der Waals surface area contributed by atoms with E-state index in [9.17, 15) is 18.0 Å². The molecule has 3 rings (SSSR count). The number of carbonyl (C=O) groups is 1. The molecular formula is C14H11F3O3. The number of aryl methyl sites for hydroxylation is 1. The third kappa shape index (κ3) is 1.95. The van der Waals surface area contributed by atoms with Crippen molar-refractivity contribution in [3.8, 4) is 0 Å². The van der Waals surface area contributed by atoms with Gasteiger partial charge in [0.25, 0.3) is 0 Å². The smallest absolute Gasteiger partial charge is 0.392 e. The van der Waals surface area contributed by atoms with Crippen LogP contribution in [0, 0.1) is 12.8 Å². The van der Waals surface area contributed by atoms with E-state index < -0.39 is 24.0 Å². The highest BCUT2D eigenvalue weighted by Gasteiger charge is 2.56. The molecule has 1 aliphatic carbocycles. The summed E-state index contributed by atoms with van der Waals surface area (Å²) in [4.78, 5) is 11.2. The minimum atomic E-state index is -4.19. The molecule has 1 saturated carbocycles. The lowest BCUT2D eigenvalue weighted by molar-refractivity contribution is -0.148. The monoisotopic (exact) mass is 284 g/mol. The van der Waals surface area contributed by atoms with Crippen molar-refractivity contribution in [1.29, 1.82) is 0 Å². The van der Waals surface area contributed by atoms with Gasteiger partial charge < -0.3 is 9.52 Å². The molecule has 2 atom stereocenters. The molecule has 6 heteroatoms. The van der Waals surface area contributed by atoms with Crippen molar-refractivity contribution >= 4 is 16.9 Å². The Kier molecular flexibility index (Phi) is 2.61. The first kappa shape index (κ1) is 13.0. The zero-order chi connectivity index (χ0) is 14.7. The van der Waals surface area contributed by atoms with E-state index in [1.807, 2.05) is 0 Å². The van der Waals surface area contributed by atoms with E-state index in [0.29, 0.717) is 16.5 Å². The molecule has 0 saturated heterocycles.